The van der Waals surface area contributed by atoms with Crippen molar-refractivity contribution in [2.24, 2.45) is 0 Å². The van der Waals surface area contributed by atoms with Crippen LogP contribution >= 0.6 is 36.4 Å². The van der Waals surface area contributed by atoms with Gasteiger partial charge in [0, 0.05) is 36.8 Å². The van der Waals surface area contributed by atoms with E-state index in [-0.39, 0.29) is 42.9 Å². The molecule has 1 heterocycles. The van der Waals surface area contributed by atoms with Crippen LogP contribution in [0.1, 0.15) is 11.6 Å². The van der Waals surface area contributed by atoms with E-state index in [1.54, 1.807) is 0 Å². The Hall–Kier alpha value is -0.340. The minimum atomic E-state index is -4.77. The number of nitrogens with zero attached hydrogens (tertiary/aromatic N) is 1. The van der Waals surface area contributed by atoms with E-state index in [2.05, 4.69) is 5.32 Å². The first kappa shape index (κ1) is 21.7. The van der Waals surface area contributed by atoms with Gasteiger partial charge < -0.3 is 5.32 Å². The third-order valence-corrected chi connectivity index (χ3v) is 3.36. The third-order valence-electron chi connectivity index (χ3n) is 3.14. The molecule has 1 aliphatic heterocycles. The number of piperazine rings is 1. The minimum Gasteiger partial charge on any atom is -0.314 e. The maximum atomic E-state index is 13.8. The molecule has 1 aliphatic rings. The van der Waals surface area contributed by atoms with Crippen LogP contribution in [0.2, 0.25) is 5.02 Å². The summed E-state index contributed by atoms with van der Waals surface area (Å²) < 4.78 is 67.2. The lowest BCUT2D eigenvalue weighted by Crippen LogP contribution is -2.49. The molecule has 0 bridgehead atoms. The predicted octanol–water partition coefficient (Wildman–Crippen LogP) is 3.97. The molecule has 0 unspecified atom stereocenters. The highest BCUT2D eigenvalue weighted by Gasteiger charge is 2.47. The molecule has 0 radical (unpaired) electrons. The molecule has 0 spiro atoms. The van der Waals surface area contributed by atoms with Gasteiger partial charge in [-0.2, -0.15) is 13.2 Å². The van der Waals surface area contributed by atoms with Crippen molar-refractivity contribution in [1.82, 2.24) is 10.2 Å². The number of nitrogens with one attached hydrogen (secondary N) is 1. The van der Waals surface area contributed by atoms with Gasteiger partial charge in [0.15, 0.2) is 0 Å². The maximum Gasteiger partial charge on any atom is 0.408 e. The Morgan fingerprint density at radius 2 is 1.50 bits per heavy atom. The molecule has 1 atom stereocenters. The first-order valence-corrected chi connectivity index (χ1v) is 6.34. The zero-order chi connectivity index (χ0) is 14.9. The summed E-state index contributed by atoms with van der Waals surface area (Å²) in [6, 6.07) is -0.913. The fourth-order valence-electron chi connectivity index (χ4n) is 2.31. The van der Waals surface area contributed by atoms with Gasteiger partial charge in [0.1, 0.15) is 17.7 Å². The Balaban J connectivity index is 0.00000220. The highest BCUT2D eigenvalue weighted by Crippen LogP contribution is 2.40. The second-order valence-electron chi connectivity index (χ2n) is 4.51. The number of rotatable bonds is 2. The largest absolute Gasteiger partial charge is 0.408 e. The monoisotopic (exact) mass is 386 g/mol. The molecule has 2 nitrogen and oxygen atoms in total. The van der Waals surface area contributed by atoms with E-state index in [0.717, 1.165) is 4.90 Å². The zero-order valence-corrected chi connectivity index (χ0v) is 13.5. The van der Waals surface area contributed by atoms with Gasteiger partial charge in [-0.05, 0) is 12.1 Å². The molecule has 128 valence electrons. The van der Waals surface area contributed by atoms with E-state index in [0.29, 0.717) is 25.2 Å². The van der Waals surface area contributed by atoms with Crippen LogP contribution in [0.4, 0.5) is 22.0 Å². The molecule has 0 aliphatic carbocycles. The van der Waals surface area contributed by atoms with E-state index < -0.39 is 29.4 Å². The lowest BCUT2D eigenvalue weighted by molar-refractivity contribution is -0.189. The summed E-state index contributed by atoms with van der Waals surface area (Å²) in [6.45, 7) is 0.796. The summed E-state index contributed by atoms with van der Waals surface area (Å²) in [5.74, 6) is -2.56. The third kappa shape index (κ3) is 4.83. The molecule has 0 aromatic heterocycles. The second-order valence-corrected chi connectivity index (χ2v) is 4.95. The molecule has 10 heteroatoms. The smallest absolute Gasteiger partial charge is 0.314 e. The van der Waals surface area contributed by atoms with Gasteiger partial charge in [0.2, 0.25) is 0 Å². The first-order valence-electron chi connectivity index (χ1n) is 5.96. The topological polar surface area (TPSA) is 15.3 Å². The number of hydrogen-bond donors (Lipinski definition) is 1. The number of alkyl halides is 3. The zero-order valence-electron chi connectivity index (χ0n) is 11.1. The van der Waals surface area contributed by atoms with Gasteiger partial charge in [-0.25, -0.2) is 8.78 Å². The average Bonchev–Trinajstić information content (AvgIpc) is 2.33. The van der Waals surface area contributed by atoms with Crippen molar-refractivity contribution >= 4 is 36.4 Å². The molecule has 1 N–H and O–H groups in total. The summed E-state index contributed by atoms with van der Waals surface area (Å²) in [5, 5.41) is 2.62. The molecule has 1 saturated heterocycles. The molecule has 2 rings (SSSR count). The first-order chi connectivity index (χ1) is 9.30. The SMILES string of the molecule is Cl.Cl.Fc1cc(Cl)cc(F)c1[C@H](N1CCNCC1)C(F)(F)F. The molecule has 0 amide bonds. The molecule has 1 aromatic carbocycles. The van der Waals surface area contributed by atoms with E-state index in [9.17, 15) is 22.0 Å². The van der Waals surface area contributed by atoms with Crippen LogP contribution in [0.5, 0.6) is 0 Å². The summed E-state index contributed by atoms with van der Waals surface area (Å²) in [6.07, 6.45) is -4.77. The van der Waals surface area contributed by atoms with Gasteiger partial charge in [-0.15, -0.1) is 24.8 Å². The number of hydrogen-bond acceptors (Lipinski definition) is 2. The van der Waals surface area contributed by atoms with Crippen LogP contribution < -0.4 is 5.32 Å². The summed E-state index contributed by atoms with van der Waals surface area (Å²) in [5.41, 5.74) is -0.996. The van der Waals surface area contributed by atoms with Crippen molar-refractivity contribution in [3.05, 3.63) is 34.4 Å². The standard InChI is InChI=1S/C12H12ClF5N2.2ClH/c13-7-5-8(14)10(9(15)6-7)11(12(16,17)18)20-3-1-19-2-4-20;;/h5-6,11,19H,1-4H2;2*1H/t11-;;/m0../s1. The van der Waals surface area contributed by atoms with Crippen LogP contribution in [-0.4, -0.2) is 37.3 Å². The van der Waals surface area contributed by atoms with Crippen LogP contribution in [0.3, 0.4) is 0 Å². The van der Waals surface area contributed by atoms with Crippen molar-refractivity contribution in [3.63, 3.8) is 0 Å². The summed E-state index contributed by atoms with van der Waals surface area (Å²) >= 11 is 5.44. The van der Waals surface area contributed by atoms with E-state index in [1.165, 1.54) is 0 Å². The predicted molar refractivity (Wildman–Crippen MR) is 79.1 cm³/mol. The van der Waals surface area contributed by atoms with Gasteiger partial charge >= 0.3 is 6.18 Å². The Morgan fingerprint density at radius 3 is 1.91 bits per heavy atom. The molecule has 1 fully saturated rings. The maximum absolute atomic E-state index is 13.8. The van der Waals surface area contributed by atoms with Crippen LogP contribution in [0.25, 0.3) is 0 Å². The Labute approximate surface area is 141 Å². The van der Waals surface area contributed by atoms with E-state index in [4.69, 9.17) is 11.6 Å². The summed E-state index contributed by atoms with van der Waals surface area (Å²) in [4.78, 5) is 1.02. The molecular formula is C12H14Cl3F5N2. The van der Waals surface area contributed by atoms with E-state index in [1.807, 2.05) is 0 Å². The molecule has 1 aromatic rings. The highest BCUT2D eigenvalue weighted by molar-refractivity contribution is 6.30. The lowest BCUT2D eigenvalue weighted by atomic mass is 10.0. The van der Waals surface area contributed by atoms with Gasteiger partial charge in [-0.3, -0.25) is 4.90 Å². The fraction of sp³-hybridized carbons (Fsp3) is 0.500. The van der Waals surface area contributed by atoms with Gasteiger partial charge in [0.05, 0.1) is 0 Å². The highest BCUT2D eigenvalue weighted by atomic mass is 35.5. The Morgan fingerprint density at radius 1 is 1.05 bits per heavy atom. The van der Waals surface area contributed by atoms with Crippen molar-refractivity contribution < 1.29 is 22.0 Å². The van der Waals surface area contributed by atoms with Crippen LogP contribution in [0.15, 0.2) is 12.1 Å². The average molecular weight is 388 g/mol. The van der Waals surface area contributed by atoms with Crippen LogP contribution in [0, 0.1) is 11.6 Å². The number of halogens is 8. The minimum absolute atomic E-state index is 0. The quantitative estimate of drug-likeness (QED) is 0.773. The summed E-state index contributed by atoms with van der Waals surface area (Å²) in [7, 11) is 0. The number of benzene rings is 1. The Kier molecular flexibility index (Phi) is 8.36. The second kappa shape index (κ2) is 8.49. The fourth-order valence-corrected chi connectivity index (χ4v) is 2.50. The van der Waals surface area contributed by atoms with Crippen molar-refractivity contribution in [2.75, 3.05) is 26.2 Å². The van der Waals surface area contributed by atoms with E-state index >= 15 is 0 Å². The molecule has 22 heavy (non-hydrogen) atoms. The van der Waals surface area contributed by atoms with Gasteiger partial charge in [-0.1, -0.05) is 11.6 Å². The van der Waals surface area contributed by atoms with Crippen LogP contribution in [-0.2, 0) is 0 Å². The van der Waals surface area contributed by atoms with Crippen molar-refractivity contribution in [3.8, 4) is 0 Å². The Bertz CT molecular complexity index is 469. The van der Waals surface area contributed by atoms with Gasteiger partial charge in [0.25, 0.3) is 0 Å². The normalized spacial score (nSPS) is 17.4. The molecular weight excluding hydrogens is 373 g/mol. The lowest BCUT2D eigenvalue weighted by Gasteiger charge is -2.36. The van der Waals surface area contributed by atoms with Crippen molar-refractivity contribution in [1.29, 1.82) is 0 Å². The molecule has 0 saturated carbocycles. The van der Waals surface area contributed by atoms with Crippen molar-refractivity contribution in [2.45, 2.75) is 12.2 Å².